The Labute approximate surface area is 81.9 Å². The second-order valence-corrected chi connectivity index (χ2v) is 3.10. The number of aliphatic imine (C=N–C) groups is 1. The van der Waals surface area contributed by atoms with Crippen molar-refractivity contribution in [1.29, 1.82) is 5.26 Å². The van der Waals surface area contributed by atoms with Crippen LogP contribution in [0.1, 0.15) is 31.0 Å². The zero-order chi connectivity index (χ0) is 10.6. The van der Waals surface area contributed by atoms with Gasteiger partial charge in [-0.3, -0.25) is 4.98 Å². The highest BCUT2D eigenvalue weighted by Crippen LogP contribution is 2.21. The van der Waals surface area contributed by atoms with Gasteiger partial charge in [-0.05, 0) is 12.0 Å². The molecule has 0 aliphatic heterocycles. The summed E-state index contributed by atoms with van der Waals surface area (Å²) in [5.74, 6) is 0.239. The van der Waals surface area contributed by atoms with Crippen LogP contribution in [0.25, 0.3) is 0 Å². The molecule has 4 nitrogen and oxygen atoms in total. The molecule has 0 bridgehead atoms. The Balaban J connectivity index is 3.29. The summed E-state index contributed by atoms with van der Waals surface area (Å²) in [6, 6.07) is 3.54. The third kappa shape index (κ3) is 2.03. The topological polar surface area (TPSA) is 66.1 Å². The lowest BCUT2D eigenvalue weighted by Gasteiger charge is -2.04. The number of rotatable bonds is 2. The third-order valence-electron chi connectivity index (χ3n) is 1.78. The van der Waals surface area contributed by atoms with Gasteiger partial charge < -0.3 is 0 Å². The molecule has 1 aromatic heterocycles. The summed E-state index contributed by atoms with van der Waals surface area (Å²) in [6.45, 7) is 3.95. The SMILES string of the molecule is CC(C)c1cc(N=C=O)c(C#N)cn1. The van der Waals surface area contributed by atoms with Crippen molar-refractivity contribution in [2.45, 2.75) is 19.8 Å². The Kier molecular flexibility index (Phi) is 3.11. The van der Waals surface area contributed by atoms with E-state index in [1.807, 2.05) is 19.9 Å². The molecule has 4 heteroatoms. The molecule has 1 rings (SSSR count). The van der Waals surface area contributed by atoms with Gasteiger partial charge in [0.05, 0.1) is 11.3 Å². The fraction of sp³-hybridized carbons (Fsp3) is 0.300. The van der Waals surface area contributed by atoms with Crippen LogP contribution in [0.3, 0.4) is 0 Å². The third-order valence-corrected chi connectivity index (χ3v) is 1.78. The molecule has 0 saturated carbocycles. The molecule has 0 fully saturated rings. The standard InChI is InChI=1S/C10H9N3O/c1-7(2)9-3-10(13-6-14)8(4-11)5-12-9/h3,5,7H,1-2H3. The second kappa shape index (κ2) is 4.31. The van der Waals surface area contributed by atoms with Crippen molar-refractivity contribution in [2.75, 3.05) is 0 Å². The van der Waals surface area contributed by atoms with Crippen molar-refractivity contribution in [3.05, 3.63) is 23.5 Å². The Bertz CT molecular complexity index is 425. The highest BCUT2D eigenvalue weighted by atomic mass is 16.1. The normalized spacial score (nSPS) is 9.29. The minimum absolute atomic E-state index is 0.239. The number of nitriles is 1. The average molecular weight is 187 g/mol. The van der Waals surface area contributed by atoms with Crippen LogP contribution in [0.4, 0.5) is 5.69 Å². The zero-order valence-corrected chi connectivity index (χ0v) is 7.98. The van der Waals surface area contributed by atoms with Crippen LogP contribution in [-0.4, -0.2) is 11.1 Å². The van der Waals surface area contributed by atoms with Crippen LogP contribution in [0.5, 0.6) is 0 Å². The molecule has 0 radical (unpaired) electrons. The fourth-order valence-corrected chi connectivity index (χ4v) is 1.00. The Morgan fingerprint density at radius 1 is 1.57 bits per heavy atom. The number of nitrogens with zero attached hydrogens (tertiary/aromatic N) is 3. The van der Waals surface area contributed by atoms with E-state index in [1.54, 1.807) is 6.07 Å². The van der Waals surface area contributed by atoms with Gasteiger partial charge in [-0.1, -0.05) is 13.8 Å². The molecule has 70 valence electrons. The molecule has 0 aliphatic carbocycles. The minimum atomic E-state index is 0.239. The van der Waals surface area contributed by atoms with E-state index < -0.39 is 0 Å². The van der Waals surface area contributed by atoms with E-state index >= 15 is 0 Å². The van der Waals surface area contributed by atoms with Crippen molar-refractivity contribution in [3.8, 4) is 6.07 Å². The first-order chi connectivity index (χ1) is 6.69. The monoisotopic (exact) mass is 187 g/mol. The summed E-state index contributed by atoms with van der Waals surface area (Å²) in [5, 5.41) is 8.69. The Morgan fingerprint density at radius 3 is 2.79 bits per heavy atom. The number of hydrogen-bond acceptors (Lipinski definition) is 4. The molecule has 14 heavy (non-hydrogen) atoms. The summed E-state index contributed by atoms with van der Waals surface area (Å²) in [4.78, 5) is 17.6. The second-order valence-electron chi connectivity index (χ2n) is 3.10. The van der Waals surface area contributed by atoms with Gasteiger partial charge in [0.25, 0.3) is 0 Å². The Morgan fingerprint density at radius 2 is 2.29 bits per heavy atom. The van der Waals surface area contributed by atoms with Crippen molar-refractivity contribution < 1.29 is 4.79 Å². The summed E-state index contributed by atoms with van der Waals surface area (Å²) in [5.41, 5.74) is 1.43. The number of aromatic nitrogens is 1. The maximum atomic E-state index is 10.1. The van der Waals surface area contributed by atoms with Gasteiger partial charge in [-0.25, -0.2) is 4.79 Å². The molecule has 0 aromatic carbocycles. The van der Waals surface area contributed by atoms with Gasteiger partial charge in [0.2, 0.25) is 6.08 Å². The van der Waals surface area contributed by atoms with E-state index in [0.717, 1.165) is 5.69 Å². The first-order valence-corrected chi connectivity index (χ1v) is 4.17. The van der Waals surface area contributed by atoms with Gasteiger partial charge in [0.15, 0.2) is 0 Å². The summed E-state index contributed by atoms with van der Waals surface area (Å²) in [7, 11) is 0. The lowest BCUT2D eigenvalue weighted by atomic mass is 10.1. The number of pyridine rings is 1. The average Bonchev–Trinajstić information content (AvgIpc) is 2.18. The molecule has 0 aliphatic rings. The first-order valence-electron chi connectivity index (χ1n) is 4.17. The lowest BCUT2D eigenvalue weighted by molar-refractivity contribution is 0.565. The van der Waals surface area contributed by atoms with Gasteiger partial charge in [0.1, 0.15) is 6.07 Å². The fourth-order valence-electron chi connectivity index (χ4n) is 1.00. The summed E-state index contributed by atoms with van der Waals surface area (Å²) < 4.78 is 0. The molecular formula is C10H9N3O. The smallest absolute Gasteiger partial charge is 0.240 e. The van der Waals surface area contributed by atoms with Gasteiger partial charge in [-0.15, -0.1) is 0 Å². The largest absolute Gasteiger partial charge is 0.259 e. The van der Waals surface area contributed by atoms with Crippen LogP contribution < -0.4 is 0 Å². The zero-order valence-electron chi connectivity index (χ0n) is 7.98. The molecule has 1 heterocycles. The lowest BCUT2D eigenvalue weighted by Crippen LogP contribution is -1.92. The number of isocyanates is 1. The van der Waals surface area contributed by atoms with Crippen LogP contribution in [-0.2, 0) is 4.79 Å². The molecule has 0 N–H and O–H groups in total. The predicted octanol–water partition coefficient (Wildman–Crippen LogP) is 2.04. The molecule has 0 spiro atoms. The number of hydrogen-bond donors (Lipinski definition) is 0. The molecular weight excluding hydrogens is 178 g/mol. The van der Waals surface area contributed by atoms with Gasteiger partial charge >= 0.3 is 0 Å². The van der Waals surface area contributed by atoms with E-state index in [9.17, 15) is 4.79 Å². The van der Waals surface area contributed by atoms with E-state index in [2.05, 4.69) is 9.98 Å². The maximum absolute atomic E-state index is 10.1. The van der Waals surface area contributed by atoms with E-state index in [-0.39, 0.29) is 11.5 Å². The van der Waals surface area contributed by atoms with Crippen molar-refractivity contribution in [1.82, 2.24) is 4.98 Å². The van der Waals surface area contributed by atoms with E-state index in [0.29, 0.717) is 5.69 Å². The van der Waals surface area contributed by atoms with Crippen LogP contribution >= 0.6 is 0 Å². The van der Waals surface area contributed by atoms with Gasteiger partial charge in [-0.2, -0.15) is 10.3 Å². The molecule has 0 saturated heterocycles. The molecule has 0 unspecified atom stereocenters. The van der Waals surface area contributed by atoms with Gasteiger partial charge in [0, 0.05) is 11.9 Å². The molecule has 1 aromatic rings. The van der Waals surface area contributed by atoms with Crippen LogP contribution in [0.15, 0.2) is 17.3 Å². The quantitative estimate of drug-likeness (QED) is 0.525. The van der Waals surface area contributed by atoms with E-state index in [1.165, 1.54) is 12.3 Å². The van der Waals surface area contributed by atoms with Crippen molar-refractivity contribution in [3.63, 3.8) is 0 Å². The van der Waals surface area contributed by atoms with Crippen LogP contribution in [0, 0.1) is 11.3 Å². The molecule has 0 atom stereocenters. The van der Waals surface area contributed by atoms with Crippen molar-refractivity contribution >= 4 is 11.8 Å². The summed E-state index contributed by atoms with van der Waals surface area (Å²) >= 11 is 0. The maximum Gasteiger partial charge on any atom is 0.240 e. The van der Waals surface area contributed by atoms with Crippen LogP contribution in [0.2, 0.25) is 0 Å². The highest BCUT2D eigenvalue weighted by Gasteiger charge is 2.06. The minimum Gasteiger partial charge on any atom is -0.259 e. The summed E-state index contributed by atoms with van der Waals surface area (Å²) in [6.07, 6.45) is 2.84. The van der Waals surface area contributed by atoms with E-state index in [4.69, 9.17) is 5.26 Å². The first kappa shape index (κ1) is 10.1. The highest BCUT2D eigenvalue weighted by molar-refractivity contribution is 5.58. The predicted molar refractivity (Wildman–Crippen MR) is 50.8 cm³/mol. The van der Waals surface area contributed by atoms with Crippen molar-refractivity contribution in [2.24, 2.45) is 4.99 Å². The number of carbonyl (C=O) groups excluding carboxylic acids is 1. The Hall–Kier alpha value is -1.98. The molecule has 0 amide bonds.